The lowest BCUT2D eigenvalue weighted by Crippen LogP contribution is -2.24. The Morgan fingerprint density at radius 3 is 2.44 bits per heavy atom. The minimum Gasteiger partial charge on any atom is -0.496 e. The fraction of sp³-hybridized carbons (Fsp3) is 0.600. The van der Waals surface area contributed by atoms with Crippen molar-refractivity contribution in [3.8, 4) is 5.75 Å². The number of ether oxygens (including phenoxy) is 1. The van der Waals surface area contributed by atoms with Crippen molar-refractivity contribution < 1.29 is 4.74 Å². The Hall–Kier alpha value is -1.22. The Balaban J connectivity index is 2.20. The second kappa shape index (κ2) is 4.81. The summed E-state index contributed by atoms with van der Waals surface area (Å²) in [7, 11) is 1.72. The first-order valence-electron chi connectivity index (χ1n) is 6.62. The Morgan fingerprint density at radius 2 is 1.94 bits per heavy atom. The van der Waals surface area contributed by atoms with Gasteiger partial charge in [0.15, 0.2) is 0 Å². The Labute approximate surface area is 110 Å². The van der Waals surface area contributed by atoms with Gasteiger partial charge in [-0.1, -0.05) is 0 Å². The minimum atomic E-state index is 0.354. The zero-order valence-corrected chi connectivity index (χ0v) is 11.9. The van der Waals surface area contributed by atoms with Gasteiger partial charge >= 0.3 is 0 Å². The van der Waals surface area contributed by atoms with Crippen molar-refractivity contribution in [3.63, 3.8) is 0 Å². The zero-order chi connectivity index (χ0) is 13.3. The lowest BCUT2D eigenvalue weighted by atomic mass is 10.0. The second-order valence-electron chi connectivity index (χ2n) is 5.58. The molecule has 1 saturated carbocycles. The molecule has 0 atom stereocenters. The molecule has 100 valence electrons. The van der Waals surface area contributed by atoms with Gasteiger partial charge in [0.05, 0.1) is 7.11 Å². The number of hydrogen-bond acceptors (Lipinski definition) is 3. The molecule has 3 nitrogen and oxygen atoms in total. The van der Waals surface area contributed by atoms with Gasteiger partial charge in [0.1, 0.15) is 5.75 Å². The summed E-state index contributed by atoms with van der Waals surface area (Å²) in [5.41, 5.74) is 11.1. The first-order valence-corrected chi connectivity index (χ1v) is 6.62. The molecule has 0 heterocycles. The molecular weight excluding hydrogens is 224 g/mol. The van der Waals surface area contributed by atoms with Gasteiger partial charge in [0.2, 0.25) is 0 Å². The van der Waals surface area contributed by atoms with Gasteiger partial charge in [-0.15, -0.1) is 0 Å². The first-order chi connectivity index (χ1) is 8.53. The number of benzene rings is 1. The molecule has 18 heavy (non-hydrogen) atoms. The van der Waals surface area contributed by atoms with Gasteiger partial charge < -0.3 is 15.8 Å². The maximum atomic E-state index is 5.82. The number of rotatable bonds is 5. The smallest absolute Gasteiger partial charge is 0.122 e. The van der Waals surface area contributed by atoms with Crippen LogP contribution in [-0.4, -0.2) is 20.2 Å². The zero-order valence-electron chi connectivity index (χ0n) is 11.9. The van der Waals surface area contributed by atoms with Gasteiger partial charge in [-0.2, -0.15) is 0 Å². The molecule has 3 heteroatoms. The SMILES string of the molecule is COc1cc(C)c(NCC2(CN)CC2)c(C)c1C. The van der Waals surface area contributed by atoms with Crippen molar-refractivity contribution in [1.82, 2.24) is 0 Å². The van der Waals surface area contributed by atoms with Gasteiger partial charge in [-0.25, -0.2) is 0 Å². The minimum absolute atomic E-state index is 0.354. The van der Waals surface area contributed by atoms with Crippen molar-refractivity contribution >= 4 is 5.69 Å². The molecule has 1 aromatic carbocycles. The third kappa shape index (κ3) is 2.32. The van der Waals surface area contributed by atoms with E-state index in [4.69, 9.17) is 10.5 Å². The van der Waals surface area contributed by atoms with Crippen LogP contribution in [0.2, 0.25) is 0 Å². The molecule has 0 amide bonds. The summed E-state index contributed by atoms with van der Waals surface area (Å²) in [4.78, 5) is 0. The number of nitrogens with one attached hydrogen (secondary N) is 1. The molecule has 2 rings (SSSR count). The Morgan fingerprint density at radius 1 is 1.28 bits per heavy atom. The van der Waals surface area contributed by atoms with Crippen molar-refractivity contribution in [1.29, 1.82) is 0 Å². The lowest BCUT2D eigenvalue weighted by molar-refractivity contribution is 0.411. The van der Waals surface area contributed by atoms with Gasteiger partial charge in [-0.05, 0) is 68.3 Å². The van der Waals surface area contributed by atoms with E-state index in [0.717, 1.165) is 18.8 Å². The second-order valence-corrected chi connectivity index (χ2v) is 5.58. The van der Waals surface area contributed by atoms with Gasteiger partial charge in [0, 0.05) is 12.2 Å². The monoisotopic (exact) mass is 248 g/mol. The molecule has 1 fully saturated rings. The summed E-state index contributed by atoms with van der Waals surface area (Å²) < 4.78 is 5.39. The van der Waals surface area contributed by atoms with E-state index in [0.29, 0.717) is 5.41 Å². The maximum absolute atomic E-state index is 5.82. The number of hydrogen-bond donors (Lipinski definition) is 2. The standard InChI is InChI=1S/C15H24N2O/c1-10-7-13(18-4)11(2)12(3)14(10)17-9-15(8-16)5-6-15/h7,17H,5-6,8-9,16H2,1-4H3. The van der Waals surface area contributed by atoms with Crippen molar-refractivity contribution in [3.05, 3.63) is 22.8 Å². The fourth-order valence-corrected chi connectivity index (χ4v) is 2.43. The average Bonchev–Trinajstić information content (AvgIpc) is 3.14. The number of nitrogens with two attached hydrogens (primary N) is 1. The summed E-state index contributed by atoms with van der Waals surface area (Å²) in [5.74, 6) is 0.968. The van der Waals surface area contributed by atoms with E-state index in [2.05, 4.69) is 32.2 Å². The predicted molar refractivity (Wildman–Crippen MR) is 76.4 cm³/mol. The van der Waals surface area contributed by atoms with Crippen LogP contribution in [0.5, 0.6) is 5.75 Å². The highest BCUT2D eigenvalue weighted by Crippen LogP contribution is 2.45. The molecule has 0 aliphatic heterocycles. The first kappa shape index (κ1) is 13.2. The van der Waals surface area contributed by atoms with Crippen molar-refractivity contribution in [2.45, 2.75) is 33.6 Å². The Bertz CT molecular complexity index is 450. The molecule has 0 unspecified atom stereocenters. The third-order valence-electron chi connectivity index (χ3n) is 4.30. The molecule has 0 bridgehead atoms. The molecule has 1 aromatic rings. The third-order valence-corrected chi connectivity index (χ3v) is 4.30. The lowest BCUT2D eigenvalue weighted by Gasteiger charge is -2.20. The van der Waals surface area contributed by atoms with E-state index in [1.165, 1.54) is 35.2 Å². The molecule has 0 saturated heterocycles. The maximum Gasteiger partial charge on any atom is 0.122 e. The highest BCUT2D eigenvalue weighted by Gasteiger charge is 2.40. The molecule has 0 spiro atoms. The van der Waals surface area contributed by atoms with Crippen LogP contribution in [0.15, 0.2) is 6.07 Å². The van der Waals surface area contributed by atoms with Crippen LogP contribution in [0.1, 0.15) is 29.5 Å². The van der Waals surface area contributed by atoms with E-state index < -0.39 is 0 Å². The predicted octanol–water partition coefficient (Wildman–Crippen LogP) is 2.77. The molecule has 3 N–H and O–H groups in total. The van der Waals surface area contributed by atoms with Crippen LogP contribution < -0.4 is 15.8 Å². The van der Waals surface area contributed by atoms with E-state index in [9.17, 15) is 0 Å². The van der Waals surface area contributed by atoms with Gasteiger partial charge in [0.25, 0.3) is 0 Å². The van der Waals surface area contributed by atoms with Crippen molar-refractivity contribution in [2.75, 3.05) is 25.5 Å². The highest BCUT2D eigenvalue weighted by atomic mass is 16.5. The van der Waals surface area contributed by atoms with Gasteiger partial charge in [-0.3, -0.25) is 0 Å². The van der Waals surface area contributed by atoms with E-state index >= 15 is 0 Å². The van der Waals surface area contributed by atoms with E-state index in [-0.39, 0.29) is 0 Å². The van der Waals surface area contributed by atoms with E-state index in [1.807, 2.05) is 0 Å². The quantitative estimate of drug-likeness (QED) is 0.842. The summed E-state index contributed by atoms with van der Waals surface area (Å²) in [6.45, 7) is 8.15. The molecule has 0 radical (unpaired) electrons. The number of anilines is 1. The average molecular weight is 248 g/mol. The van der Waals surface area contributed by atoms with E-state index in [1.54, 1.807) is 7.11 Å². The molecule has 0 aromatic heterocycles. The summed E-state index contributed by atoms with van der Waals surface area (Å²) in [6, 6.07) is 2.10. The summed E-state index contributed by atoms with van der Waals surface area (Å²) in [5, 5.41) is 3.59. The Kier molecular flexibility index (Phi) is 3.53. The van der Waals surface area contributed by atoms with Crippen LogP contribution in [-0.2, 0) is 0 Å². The van der Waals surface area contributed by atoms with Crippen LogP contribution in [0.3, 0.4) is 0 Å². The fourth-order valence-electron chi connectivity index (χ4n) is 2.43. The molecule has 1 aliphatic carbocycles. The topological polar surface area (TPSA) is 47.3 Å². The summed E-state index contributed by atoms with van der Waals surface area (Å²) in [6.07, 6.45) is 2.51. The molecular formula is C15H24N2O. The van der Waals surface area contributed by atoms with Crippen LogP contribution in [0, 0.1) is 26.2 Å². The highest BCUT2D eigenvalue weighted by molar-refractivity contribution is 5.63. The number of aryl methyl sites for hydroxylation is 1. The van der Waals surface area contributed by atoms with Crippen LogP contribution >= 0.6 is 0 Å². The van der Waals surface area contributed by atoms with Crippen LogP contribution in [0.4, 0.5) is 5.69 Å². The van der Waals surface area contributed by atoms with Crippen LogP contribution in [0.25, 0.3) is 0 Å². The largest absolute Gasteiger partial charge is 0.496 e. The summed E-state index contributed by atoms with van der Waals surface area (Å²) >= 11 is 0. The normalized spacial score (nSPS) is 16.5. The van der Waals surface area contributed by atoms with Crippen molar-refractivity contribution in [2.24, 2.45) is 11.1 Å². The number of methoxy groups -OCH3 is 1. The molecule has 1 aliphatic rings.